The standard InChI is InChI=1S/C19H20N4O4S2/c1-12-10-17(27-21-12)19-18(20-22-28-19)15-4-3-9-23(11-15)29(25,26)16-7-5-14(6-8-16)13(2)24/h5-8,10,15H,3-4,9,11H2,1-2H3/t15-/m0/s1. The molecule has 0 unspecified atom stereocenters. The second kappa shape index (κ2) is 7.77. The van der Waals surface area contributed by atoms with Crippen molar-refractivity contribution in [1.29, 1.82) is 0 Å². The molecule has 0 N–H and O–H groups in total. The topological polar surface area (TPSA) is 106 Å². The van der Waals surface area contributed by atoms with Crippen molar-refractivity contribution in [2.75, 3.05) is 13.1 Å². The second-order valence-electron chi connectivity index (χ2n) is 7.10. The minimum absolute atomic E-state index is 0.0748. The van der Waals surface area contributed by atoms with Crippen LogP contribution >= 0.6 is 11.5 Å². The lowest BCUT2D eigenvalue weighted by Crippen LogP contribution is -2.39. The van der Waals surface area contributed by atoms with Crippen LogP contribution in [-0.4, -0.2) is 46.3 Å². The Morgan fingerprint density at radius 3 is 2.69 bits per heavy atom. The van der Waals surface area contributed by atoms with E-state index in [-0.39, 0.29) is 16.6 Å². The van der Waals surface area contributed by atoms with Gasteiger partial charge < -0.3 is 4.52 Å². The quantitative estimate of drug-likeness (QED) is 0.570. The molecule has 10 heteroatoms. The summed E-state index contributed by atoms with van der Waals surface area (Å²) >= 11 is 1.22. The van der Waals surface area contributed by atoms with E-state index >= 15 is 0 Å². The van der Waals surface area contributed by atoms with Crippen molar-refractivity contribution in [3.63, 3.8) is 0 Å². The van der Waals surface area contributed by atoms with Gasteiger partial charge in [-0.1, -0.05) is 21.8 Å². The molecule has 29 heavy (non-hydrogen) atoms. The van der Waals surface area contributed by atoms with E-state index in [0.29, 0.717) is 24.4 Å². The maximum atomic E-state index is 13.1. The fraction of sp³-hybridized carbons (Fsp3) is 0.368. The predicted molar refractivity (Wildman–Crippen MR) is 107 cm³/mol. The number of sulfonamides is 1. The lowest BCUT2D eigenvalue weighted by Gasteiger charge is -2.31. The minimum atomic E-state index is -3.66. The van der Waals surface area contributed by atoms with Gasteiger partial charge >= 0.3 is 0 Å². The molecule has 2 aromatic heterocycles. The highest BCUT2D eigenvalue weighted by Crippen LogP contribution is 2.36. The third-order valence-electron chi connectivity index (χ3n) is 5.03. The van der Waals surface area contributed by atoms with E-state index in [4.69, 9.17) is 4.52 Å². The van der Waals surface area contributed by atoms with Gasteiger partial charge in [0.15, 0.2) is 11.5 Å². The van der Waals surface area contributed by atoms with Crippen molar-refractivity contribution in [3.05, 3.63) is 47.3 Å². The van der Waals surface area contributed by atoms with Gasteiger partial charge in [0.05, 0.1) is 16.3 Å². The van der Waals surface area contributed by atoms with E-state index in [1.165, 1.54) is 34.9 Å². The van der Waals surface area contributed by atoms with Crippen LogP contribution in [0.1, 0.15) is 47.4 Å². The molecular weight excluding hydrogens is 412 g/mol. The summed E-state index contributed by atoms with van der Waals surface area (Å²) in [6.07, 6.45) is 1.54. The van der Waals surface area contributed by atoms with Crippen LogP contribution in [-0.2, 0) is 10.0 Å². The van der Waals surface area contributed by atoms with Gasteiger partial charge in [-0.25, -0.2) is 8.42 Å². The molecule has 4 rings (SSSR count). The van der Waals surface area contributed by atoms with Crippen LogP contribution in [0.4, 0.5) is 0 Å². The van der Waals surface area contributed by atoms with Gasteiger partial charge in [-0.15, -0.1) is 5.10 Å². The molecule has 1 aromatic carbocycles. The number of hydrogen-bond acceptors (Lipinski definition) is 8. The number of hydrogen-bond donors (Lipinski definition) is 0. The monoisotopic (exact) mass is 432 g/mol. The molecule has 1 fully saturated rings. The van der Waals surface area contributed by atoms with E-state index in [1.807, 2.05) is 13.0 Å². The summed E-state index contributed by atoms with van der Waals surface area (Å²) in [5.41, 5.74) is 2.00. The van der Waals surface area contributed by atoms with Gasteiger partial charge in [0.25, 0.3) is 0 Å². The molecule has 152 valence electrons. The van der Waals surface area contributed by atoms with E-state index in [2.05, 4.69) is 14.7 Å². The Morgan fingerprint density at radius 1 is 1.28 bits per heavy atom. The third-order valence-corrected chi connectivity index (χ3v) is 7.67. The average molecular weight is 433 g/mol. The zero-order valence-corrected chi connectivity index (χ0v) is 17.7. The van der Waals surface area contributed by atoms with Crippen LogP contribution in [0.2, 0.25) is 0 Å². The van der Waals surface area contributed by atoms with Gasteiger partial charge in [0, 0.05) is 30.6 Å². The highest BCUT2D eigenvalue weighted by atomic mass is 32.2. The first-order chi connectivity index (χ1) is 13.9. The molecule has 8 nitrogen and oxygen atoms in total. The number of Topliss-reactive ketones (excluding diaryl/α,β-unsaturated/α-hetero) is 1. The lowest BCUT2D eigenvalue weighted by molar-refractivity contribution is 0.101. The van der Waals surface area contributed by atoms with Gasteiger partial charge in [0.1, 0.15) is 4.88 Å². The third kappa shape index (κ3) is 3.87. The largest absolute Gasteiger partial charge is 0.355 e. The summed E-state index contributed by atoms with van der Waals surface area (Å²) in [6, 6.07) is 7.90. The first kappa shape index (κ1) is 19.9. The Labute approximate surface area is 172 Å². The number of benzene rings is 1. The summed E-state index contributed by atoms with van der Waals surface area (Å²) in [5, 5.41) is 8.19. The molecule has 0 radical (unpaired) electrons. The number of aromatic nitrogens is 3. The molecular formula is C19H20N4O4S2. The van der Waals surface area contributed by atoms with Crippen LogP contribution in [0, 0.1) is 6.92 Å². The first-order valence-corrected chi connectivity index (χ1v) is 11.4. The molecule has 0 saturated carbocycles. The van der Waals surface area contributed by atoms with Gasteiger partial charge in [-0.3, -0.25) is 4.79 Å². The summed E-state index contributed by atoms with van der Waals surface area (Å²) < 4.78 is 37.1. The number of ketones is 1. The van der Waals surface area contributed by atoms with Crippen LogP contribution in [0.25, 0.3) is 10.6 Å². The fourth-order valence-electron chi connectivity index (χ4n) is 3.50. The molecule has 3 heterocycles. The van der Waals surface area contributed by atoms with Gasteiger partial charge in [0.2, 0.25) is 10.0 Å². The summed E-state index contributed by atoms with van der Waals surface area (Å²) in [7, 11) is -3.66. The molecule has 3 aromatic rings. The normalized spacial score (nSPS) is 18.1. The Morgan fingerprint density at radius 2 is 2.03 bits per heavy atom. The highest BCUT2D eigenvalue weighted by molar-refractivity contribution is 7.89. The molecule has 0 amide bonds. The lowest BCUT2D eigenvalue weighted by atomic mass is 9.95. The van der Waals surface area contributed by atoms with E-state index < -0.39 is 10.0 Å². The van der Waals surface area contributed by atoms with Crippen molar-refractivity contribution in [2.45, 2.75) is 37.5 Å². The molecule has 1 aliphatic rings. The van der Waals surface area contributed by atoms with E-state index in [9.17, 15) is 13.2 Å². The molecule has 0 aliphatic carbocycles. The van der Waals surface area contributed by atoms with E-state index in [1.54, 1.807) is 12.1 Å². The Hall–Kier alpha value is -2.43. The SMILES string of the molecule is CC(=O)c1ccc(S(=O)(=O)N2CCC[C@H](c3nnsc3-c3cc(C)no3)C2)cc1. The number of carbonyl (C=O) groups is 1. The zero-order valence-electron chi connectivity index (χ0n) is 16.0. The Balaban J connectivity index is 1.59. The smallest absolute Gasteiger partial charge is 0.243 e. The highest BCUT2D eigenvalue weighted by Gasteiger charge is 2.34. The number of piperidine rings is 1. The van der Waals surface area contributed by atoms with Crippen LogP contribution in [0.5, 0.6) is 0 Å². The molecule has 1 atom stereocenters. The number of nitrogens with zero attached hydrogens (tertiary/aromatic N) is 4. The van der Waals surface area contributed by atoms with Crippen molar-refractivity contribution < 1.29 is 17.7 Å². The van der Waals surface area contributed by atoms with Gasteiger partial charge in [-0.05, 0) is 50.4 Å². The van der Waals surface area contributed by atoms with Crippen molar-refractivity contribution in [1.82, 2.24) is 19.0 Å². The number of rotatable bonds is 5. The van der Waals surface area contributed by atoms with Crippen LogP contribution in [0.3, 0.4) is 0 Å². The predicted octanol–water partition coefficient (Wildman–Crippen LogP) is 3.27. The molecule has 1 saturated heterocycles. The fourth-order valence-corrected chi connectivity index (χ4v) is 5.72. The Bertz CT molecular complexity index is 1140. The minimum Gasteiger partial charge on any atom is -0.355 e. The number of carbonyl (C=O) groups excluding carboxylic acids is 1. The summed E-state index contributed by atoms with van der Waals surface area (Å²) in [5.74, 6) is 0.430. The van der Waals surface area contributed by atoms with Crippen molar-refractivity contribution in [3.8, 4) is 10.6 Å². The second-order valence-corrected chi connectivity index (χ2v) is 9.79. The van der Waals surface area contributed by atoms with Crippen molar-refractivity contribution >= 4 is 27.3 Å². The van der Waals surface area contributed by atoms with Crippen molar-refractivity contribution in [2.24, 2.45) is 0 Å². The number of aryl methyl sites for hydroxylation is 1. The Kier molecular flexibility index (Phi) is 5.32. The summed E-state index contributed by atoms with van der Waals surface area (Å²) in [6.45, 7) is 4.06. The first-order valence-electron chi connectivity index (χ1n) is 9.23. The zero-order chi connectivity index (χ0) is 20.6. The van der Waals surface area contributed by atoms with Crippen LogP contribution < -0.4 is 0 Å². The molecule has 0 spiro atoms. The molecule has 1 aliphatic heterocycles. The average Bonchev–Trinajstić information content (AvgIpc) is 3.37. The van der Waals surface area contributed by atoms with Crippen LogP contribution in [0.15, 0.2) is 39.8 Å². The van der Waals surface area contributed by atoms with Gasteiger partial charge in [-0.2, -0.15) is 4.31 Å². The maximum absolute atomic E-state index is 13.1. The summed E-state index contributed by atoms with van der Waals surface area (Å²) in [4.78, 5) is 12.4. The maximum Gasteiger partial charge on any atom is 0.243 e. The van der Waals surface area contributed by atoms with E-state index in [0.717, 1.165) is 29.1 Å². The molecule has 0 bridgehead atoms.